The van der Waals surface area contributed by atoms with Crippen molar-refractivity contribution < 1.29 is 9.47 Å². The van der Waals surface area contributed by atoms with Crippen molar-refractivity contribution in [1.29, 1.82) is 0 Å². The quantitative estimate of drug-likeness (QED) is 0.600. The van der Waals surface area contributed by atoms with Crippen LogP contribution in [-0.2, 0) is 11.3 Å². The molecule has 0 spiro atoms. The van der Waals surface area contributed by atoms with Gasteiger partial charge < -0.3 is 19.8 Å². The molecule has 4 nitrogen and oxygen atoms in total. The molecule has 1 atom stereocenters. The van der Waals surface area contributed by atoms with Crippen LogP contribution < -0.4 is 10.1 Å². The Bertz CT molecular complexity index is 850. The maximum atomic E-state index is 6.17. The van der Waals surface area contributed by atoms with Crippen LogP contribution in [0.25, 0.3) is 10.9 Å². The Kier molecular flexibility index (Phi) is 6.19. The van der Waals surface area contributed by atoms with E-state index < -0.39 is 0 Å². The second kappa shape index (κ2) is 8.59. The molecule has 3 aromatic rings. The van der Waals surface area contributed by atoms with Gasteiger partial charge in [-0.05, 0) is 51.5 Å². The lowest BCUT2D eigenvalue weighted by Gasteiger charge is -2.26. The molecule has 0 fully saturated rings. The molecule has 0 amide bonds. The van der Waals surface area contributed by atoms with E-state index in [4.69, 9.17) is 9.47 Å². The number of ether oxygens (including phenoxy) is 2. The average Bonchev–Trinajstić information content (AvgIpc) is 3.02. The zero-order chi connectivity index (χ0) is 19.3. The summed E-state index contributed by atoms with van der Waals surface area (Å²) in [6.45, 7) is 10.3. The summed E-state index contributed by atoms with van der Waals surface area (Å²) < 4.78 is 12.3. The third-order valence-electron chi connectivity index (χ3n) is 4.37. The van der Waals surface area contributed by atoms with Crippen LogP contribution in [0, 0.1) is 6.92 Å². The summed E-state index contributed by atoms with van der Waals surface area (Å²) in [6.07, 6.45) is -0.0419. The molecule has 1 heterocycles. The van der Waals surface area contributed by atoms with Crippen molar-refractivity contribution in [3.8, 4) is 5.75 Å². The van der Waals surface area contributed by atoms with Crippen molar-refractivity contribution >= 4 is 10.9 Å². The molecular formula is C23H30N2O2. The van der Waals surface area contributed by atoms with Gasteiger partial charge in [0, 0.05) is 28.7 Å². The molecule has 0 aliphatic heterocycles. The van der Waals surface area contributed by atoms with Gasteiger partial charge in [-0.3, -0.25) is 0 Å². The number of aromatic amines is 1. The average molecular weight is 367 g/mol. The molecule has 0 saturated carbocycles. The van der Waals surface area contributed by atoms with Crippen molar-refractivity contribution in [2.45, 2.75) is 45.9 Å². The summed E-state index contributed by atoms with van der Waals surface area (Å²) in [5.74, 6) is 0.890. The fourth-order valence-electron chi connectivity index (χ4n) is 2.95. The second-order valence-corrected chi connectivity index (χ2v) is 8.03. The molecule has 27 heavy (non-hydrogen) atoms. The smallest absolute Gasteiger partial charge is 0.128 e. The largest absolute Gasteiger partial charge is 0.490 e. The normalized spacial score (nSPS) is 13.0. The lowest BCUT2D eigenvalue weighted by Crippen LogP contribution is -2.43. The number of fused-ring (bicyclic) bond motifs is 1. The second-order valence-electron chi connectivity index (χ2n) is 8.03. The minimum absolute atomic E-state index is 0.0338. The monoisotopic (exact) mass is 366 g/mol. The van der Waals surface area contributed by atoms with Crippen LogP contribution in [0.2, 0.25) is 0 Å². The van der Waals surface area contributed by atoms with Crippen molar-refractivity contribution in [2.24, 2.45) is 0 Å². The maximum Gasteiger partial charge on any atom is 0.128 e. The van der Waals surface area contributed by atoms with Gasteiger partial charge in [-0.15, -0.1) is 0 Å². The SMILES string of the molecule is Cc1cc2c(OCC(CNC(C)(C)C)OCc3ccccc3)cccc2[nH]1. The molecular weight excluding hydrogens is 336 g/mol. The van der Waals surface area contributed by atoms with Crippen molar-refractivity contribution in [3.63, 3.8) is 0 Å². The van der Waals surface area contributed by atoms with E-state index in [1.54, 1.807) is 0 Å². The molecule has 0 aliphatic carbocycles. The summed E-state index contributed by atoms with van der Waals surface area (Å²) in [5, 5.41) is 4.64. The highest BCUT2D eigenvalue weighted by Crippen LogP contribution is 2.26. The fraction of sp³-hybridized carbons (Fsp3) is 0.391. The van der Waals surface area contributed by atoms with E-state index in [0.717, 1.165) is 28.9 Å². The first-order valence-electron chi connectivity index (χ1n) is 9.52. The van der Waals surface area contributed by atoms with E-state index in [9.17, 15) is 0 Å². The summed E-state index contributed by atoms with van der Waals surface area (Å²) in [4.78, 5) is 3.35. The molecule has 1 unspecified atom stereocenters. The number of aryl methyl sites for hydroxylation is 1. The van der Waals surface area contributed by atoms with Crippen molar-refractivity contribution in [1.82, 2.24) is 10.3 Å². The molecule has 0 radical (unpaired) electrons. The summed E-state index contributed by atoms with van der Waals surface area (Å²) in [6, 6.07) is 18.5. The highest BCUT2D eigenvalue weighted by atomic mass is 16.5. The van der Waals surface area contributed by atoms with Gasteiger partial charge >= 0.3 is 0 Å². The van der Waals surface area contributed by atoms with Crippen molar-refractivity contribution in [3.05, 3.63) is 65.9 Å². The molecule has 0 bridgehead atoms. The predicted molar refractivity (Wildman–Crippen MR) is 111 cm³/mol. The number of hydrogen-bond acceptors (Lipinski definition) is 3. The highest BCUT2D eigenvalue weighted by Gasteiger charge is 2.16. The standard InChI is InChI=1S/C23H30N2O2/c1-17-13-20-21(25-17)11-8-12-22(20)27-16-19(14-24-23(2,3)4)26-15-18-9-6-5-7-10-18/h5-13,19,24-25H,14-16H2,1-4H3. The van der Waals surface area contributed by atoms with E-state index in [0.29, 0.717) is 13.2 Å². The Balaban J connectivity index is 1.66. The molecule has 0 saturated heterocycles. The van der Waals surface area contributed by atoms with Crippen LogP contribution in [0.1, 0.15) is 32.0 Å². The topological polar surface area (TPSA) is 46.3 Å². The van der Waals surface area contributed by atoms with E-state index >= 15 is 0 Å². The molecule has 3 rings (SSSR count). The Hall–Kier alpha value is -2.30. The van der Waals surface area contributed by atoms with Gasteiger partial charge in [0.15, 0.2) is 0 Å². The van der Waals surface area contributed by atoms with E-state index in [-0.39, 0.29) is 11.6 Å². The minimum atomic E-state index is -0.0419. The maximum absolute atomic E-state index is 6.17. The van der Waals surface area contributed by atoms with Crippen molar-refractivity contribution in [2.75, 3.05) is 13.2 Å². The van der Waals surface area contributed by atoms with Crippen LogP contribution in [-0.4, -0.2) is 29.8 Å². The Morgan fingerprint density at radius 3 is 2.56 bits per heavy atom. The van der Waals surface area contributed by atoms with Crippen LogP contribution in [0.15, 0.2) is 54.6 Å². The number of rotatable bonds is 8. The number of aromatic nitrogens is 1. The van der Waals surface area contributed by atoms with Crippen LogP contribution >= 0.6 is 0 Å². The number of benzene rings is 2. The highest BCUT2D eigenvalue weighted by molar-refractivity contribution is 5.86. The van der Waals surface area contributed by atoms with E-state index in [1.165, 1.54) is 5.56 Å². The van der Waals surface area contributed by atoms with Gasteiger partial charge in [0.2, 0.25) is 0 Å². The van der Waals surface area contributed by atoms with Gasteiger partial charge in [-0.1, -0.05) is 36.4 Å². The van der Waals surface area contributed by atoms with E-state index in [1.807, 2.05) is 30.3 Å². The third kappa shape index (κ3) is 5.84. The number of H-pyrrole nitrogens is 1. The summed E-state index contributed by atoms with van der Waals surface area (Å²) in [7, 11) is 0. The minimum Gasteiger partial charge on any atom is -0.490 e. The molecule has 1 aromatic heterocycles. The first-order chi connectivity index (χ1) is 12.9. The summed E-state index contributed by atoms with van der Waals surface area (Å²) in [5.41, 5.74) is 3.43. The summed E-state index contributed by atoms with van der Waals surface area (Å²) >= 11 is 0. The molecule has 0 aliphatic rings. The van der Waals surface area contributed by atoms with Gasteiger partial charge in [0.1, 0.15) is 18.5 Å². The third-order valence-corrected chi connectivity index (χ3v) is 4.37. The van der Waals surface area contributed by atoms with Crippen LogP contribution in [0.5, 0.6) is 5.75 Å². The zero-order valence-electron chi connectivity index (χ0n) is 16.7. The van der Waals surface area contributed by atoms with Crippen LogP contribution in [0.3, 0.4) is 0 Å². The van der Waals surface area contributed by atoms with Gasteiger partial charge in [-0.25, -0.2) is 0 Å². The molecule has 144 valence electrons. The van der Waals surface area contributed by atoms with Gasteiger partial charge in [0.25, 0.3) is 0 Å². The fourth-order valence-corrected chi connectivity index (χ4v) is 2.95. The lowest BCUT2D eigenvalue weighted by atomic mass is 10.1. The van der Waals surface area contributed by atoms with Gasteiger partial charge in [-0.2, -0.15) is 0 Å². The van der Waals surface area contributed by atoms with Crippen LogP contribution in [0.4, 0.5) is 0 Å². The predicted octanol–water partition coefficient (Wildman–Crippen LogP) is 4.83. The lowest BCUT2D eigenvalue weighted by molar-refractivity contribution is 0.00735. The molecule has 2 aromatic carbocycles. The zero-order valence-corrected chi connectivity index (χ0v) is 16.7. The van der Waals surface area contributed by atoms with E-state index in [2.05, 4.69) is 62.3 Å². The Morgan fingerprint density at radius 1 is 1.04 bits per heavy atom. The first kappa shape index (κ1) is 19.5. The number of nitrogens with one attached hydrogen (secondary N) is 2. The number of hydrogen-bond donors (Lipinski definition) is 2. The van der Waals surface area contributed by atoms with Gasteiger partial charge in [0.05, 0.1) is 6.61 Å². The Labute approximate surface area is 161 Å². The molecule has 2 N–H and O–H groups in total. The Morgan fingerprint density at radius 2 is 1.81 bits per heavy atom. The molecule has 4 heteroatoms. The first-order valence-corrected chi connectivity index (χ1v) is 9.52.